The van der Waals surface area contributed by atoms with Gasteiger partial charge >= 0.3 is 0 Å². The average Bonchev–Trinajstić information content (AvgIpc) is 2.47. The monoisotopic (exact) mass is 322 g/mol. The summed E-state index contributed by atoms with van der Waals surface area (Å²) < 4.78 is 19.3. The SMILES string of the molecule is CC(C)Cc1ccc(OCc2c(F)cccc2Cl)cc1CO. The fraction of sp³-hybridized carbons (Fsp3) is 0.333. The van der Waals surface area contributed by atoms with E-state index in [1.165, 1.54) is 6.07 Å². The molecule has 2 nitrogen and oxygen atoms in total. The Morgan fingerprint density at radius 3 is 2.59 bits per heavy atom. The van der Waals surface area contributed by atoms with Crippen LogP contribution in [-0.2, 0) is 19.6 Å². The lowest BCUT2D eigenvalue weighted by molar-refractivity contribution is 0.275. The number of hydrogen-bond donors (Lipinski definition) is 1. The van der Waals surface area contributed by atoms with Crippen LogP contribution in [0.1, 0.15) is 30.5 Å². The Kier molecular flexibility index (Phi) is 5.81. The van der Waals surface area contributed by atoms with Crippen LogP contribution in [0.2, 0.25) is 5.02 Å². The van der Waals surface area contributed by atoms with Crippen molar-refractivity contribution in [3.63, 3.8) is 0 Å². The predicted molar refractivity (Wildman–Crippen MR) is 86.6 cm³/mol. The normalized spacial score (nSPS) is 11.0. The third kappa shape index (κ3) is 4.21. The molecule has 0 spiro atoms. The topological polar surface area (TPSA) is 29.5 Å². The summed E-state index contributed by atoms with van der Waals surface area (Å²) in [5.41, 5.74) is 2.28. The van der Waals surface area contributed by atoms with Crippen molar-refractivity contribution in [3.8, 4) is 5.75 Å². The summed E-state index contributed by atoms with van der Waals surface area (Å²) in [6.07, 6.45) is 0.898. The zero-order chi connectivity index (χ0) is 16.1. The molecule has 2 rings (SSSR count). The predicted octanol–water partition coefficient (Wildman–Crippen LogP) is 4.75. The van der Waals surface area contributed by atoms with E-state index < -0.39 is 0 Å². The number of halogens is 2. The van der Waals surface area contributed by atoms with Crippen molar-refractivity contribution in [1.82, 2.24) is 0 Å². The van der Waals surface area contributed by atoms with Crippen LogP contribution in [-0.4, -0.2) is 5.11 Å². The Bertz CT molecular complexity index is 621. The van der Waals surface area contributed by atoms with Crippen molar-refractivity contribution >= 4 is 11.6 Å². The average molecular weight is 323 g/mol. The maximum absolute atomic E-state index is 13.7. The van der Waals surface area contributed by atoms with Crippen LogP contribution in [0.5, 0.6) is 5.75 Å². The van der Waals surface area contributed by atoms with Crippen molar-refractivity contribution in [2.45, 2.75) is 33.5 Å². The van der Waals surface area contributed by atoms with E-state index in [4.69, 9.17) is 16.3 Å². The molecule has 0 bridgehead atoms. The van der Waals surface area contributed by atoms with Crippen LogP contribution in [0.4, 0.5) is 4.39 Å². The van der Waals surface area contributed by atoms with Gasteiger partial charge in [-0.15, -0.1) is 0 Å². The van der Waals surface area contributed by atoms with E-state index in [2.05, 4.69) is 13.8 Å². The van der Waals surface area contributed by atoms with Gasteiger partial charge in [0.05, 0.1) is 11.6 Å². The summed E-state index contributed by atoms with van der Waals surface area (Å²) in [6.45, 7) is 4.27. The smallest absolute Gasteiger partial charge is 0.131 e. The second-order valence-corrected chi connectivity index (χ2v) is 6.08. The molecular formula is C18H20ClFO2. The molecule has 0 aliphatic rings. The minimum absolute atomic E-state index is 0.0420. The lowest BCUT2D eigenvalue weighted by Gasteiger charge is -2.13. The Hall–Kier alpha value is -1.58. The number of hydrogen-bond acceptors (Lipinski definition) is 2. The molecular weight excluding hydrogens is 303 g/mol. The largest absolute Gasteiger partial charge is 0.489 e. The number of rotatable bonds is 6. The molecule has 2 aromatic carbocycles. The number of ether oxygens (including phenoxy) is 1. The van der Waals surface area contributed by atoms with Crippen molar-refractivity contribution in [2.75, 3.05) is 0 Å². The minimum atomic E-state index is -0.383. The highest BCUT2D eigenvalue weighted by Gasteiger charge is 2.10. The van der Waals surface area contributed by atoms with E-state index in [0.29, 0.717) is 22.3 Å². The molecule has 0 radical (unpaired) electrons. The Morgan fingerprint density at radius 2 is 1.95 bits per heavy atom. The van der Waals surface area contributed by atoms with Crippen LogP contribution < -0.4 is 4.74 Å². The van der Waals surface area contributed by atoms with Gasteiger partial charge in [-0.1, -0.05) is 37.6 Å². The summed E-state index contributed by atoms with van der Waals surface area (Å²) in [4.78, 5) is 0. The molecule has 0 aliphatic heterocycles. The first-order valence-electron chi connectivity index (χ1n) is 7.29. The molecule has 22 heavy (non-hydrogen) atoms. The summed E-state index contributed by atoms with van der Waals surface area (Å²) in [5.74, 6) is 0.719. The van der Waals surface area contributed by atoms with Crippen molar-refractivity contribution < 1.29 is 14.2 Å². The van der Waals surface area contributed by atoms with Gasteiger partial charge in [-0.3, -0.25) is 0 Å². The van der Waals surface area contributed by atoms with Gasteiger partial charge in [0.25, 0.3) is 0 Å². The molecule has 0 saturated heterocycles. The minimum Gasteiger partial charge on any atom is -0.489 e. The summed E-state index contributed by atoms with van der Waals surface area (Å²) in [5, 5.41) is 9.84. The van der Waals surface area contributed by atoms with Crippen LogP contribution >= 0.6 is 11.6 Å². The van der Waals surface area contributed by atoms with Gasteiger partial charge in [-0.05, 0) is 47.7 Å². The van der Waals surface area contributed by atoms with E-state index >= 15 is 0 Å². The van der Waals surface area contributed by atoms with Gasteiger partial charge < -0.3 is 9.84 Å². The molecule has 4 heteroatoms. The molecule has 1 N–H and O–H groups in total. The maximum Gasteiger partial charge on any atom is 0.131 e. The molecule has 2 aromatic rings. The Balaban J connectivity index is 2.13. The van der Waals surface area contributed by atoms with E-state index in [1.807, 2.05) is 12.1 Å². The van der Waals surface area contributed by atoms with Gasteiger partial charge in [-0.2, -0.15) is 0 Å². The first kappa shape index (κ1) is 16.8. The standard InChI is InChI=1S/C18H20ClFO2/c1-12(2)8-13-6-7-15(9-14(13)10-21)22-11-16-17(19)4-3-5-18(16)20/h3-7,9,12,21H,8,10-11H2,1-2H3. The van der Waals surface area contributed by atoms with Gasteiger partial charge in [-0.25, -0.2) is 4.39 Å². The molecule has 0 unspecified atom stereocenters. The fourth-order valence-corrected chi connectivity index (χ4v) is 2.52. The van der Waals surface area contributed by atoms with Gasteiger partial charge in [0.1, 0.15) is 18.2 Å². The van der Waals surface area contributed by atoms with E-state index in [9.17, 15) is 9.50 Å². The number of benzene rings is 2. The highest BCUT2D eigenvalue weighted by atomic mass is 35.5. The second-order valence-electron chi connectivity index (χ2n) is 5.68. The molecule has 0 aliphatic carbocycles. The molecule has 0 amide bonds. The third-order valence-electron chi connectivity index (χ3n) is 3.42. The Morgan fingerprint density at radius 1 is 1.18 bits per heavy atom. The second kappa shape index (κ2) is 7.61. The summed E-state index contributed by atoms with van der Waals surface area (Å²) in [7, 11) is 0. The van der Waals surface area contributed by atoms with Gasteiger partial charge in [0.2, 0.25) is 0 Å². The zero-order valence-corrected chi connectivity index (χ0v) is 13.5. The first-order chi connectivity index (χ1) is 10.5. The van der Waals surface area contributed by atoms with E-state index in [-0.39, 0.29) is 19.0 Å². The summed E-state index contributed by atoms with van der Waals surface area (Å²) in [6, 6.07) is 10.1. The van der Waals surface area contributed by atoms with E-state index in [0.717, 1.165) is 17.5 Å². The van der Waals surface area contributed by atoms with Crippen molar-refractivity contribution in [3.05, 3.63) is 63.9 Å². The first-order valence-corrected chi connectivity index (χ1v) is 7.67. The quantitative estimate of drug-likeness (QED) is 0.831. The van der Waals surface area contributed by atoms with Crippen molar-refractivity contribution in [1.29, 1.82) is 0 Å². The number of aliphatic hydroxyl groups is 1. The van der Waals surface area contributed by atoms with Crippen LogP contribution in [0, 0.1) is 11.7 Å². The molecule has 0 heterocycles. The zero-order valence-electron chi connectivity index (χ0n) is 12.8. The Labute approximate surface area is 135 Å². The highest BCUT2D eigenvalue weighted by Crippen LogP contribution is 2.24. The molecule has 118 valence electrons. The lowest BCUT2D eigenvalue weighted by Crippen LogP contribution is -2.03. The van der Waals surface area contributed by atoms with Crippen molar-refractivity contribution in [2.24, 2.45) is 5.92 Å². The highest BCUT2D eigenvalue weighted by molar-refractivity contribution is 6.31. The van der Waals surface area contributed by atoms with Crippen LogP contribution in [0.3, 0.4) is 0 Å². The third-order valence-corrected chi connectivity index (χ3v) is 3.78. The van der Waals surface area contributed by atoms with Crippen LogP contribution in [0.15, 0.2) is 36.4 Å². The maximum atomic E-state index is 13.7. The molecule has 0 aromatic heterocycles. The molecule has 0 saturated carbocycles. The number of aliphatic hydroxyl groups excluding tert-OH is 1. The van der Waals surface area contributed by atoms with Crippen LogP contribution in [0.25, 0.3) is 0 Å². The fourth-order valence-electron chi connectivity index (χ4n) is 2.30. The van der Waals surface area contributed by atoms with Gasteiger partial charge in [0, 0.05) is 5.56 Å². The van der Waals surface area contributed by atoms with Gasteiger partial charge in [0.15, 0.2) is 0 Å². The summed E-state index contributed by atoms with van der Waals surface area (Å²) >= 11 is 5.98. The lowest BCUT2D eigenvalue weighted by atomic mass is 9.98. The van der Waals surface area contributed by atoms with E-state index in [1.54, 1.807) is 18.2 Å². The molecule has 0 atom stereocenters. The molecule has 0 fully saturated rings.